The van der Waals surface area contributed by atoms with Gasteiger partial charge in [-0.15, -0.1) is 0 Å². The van der Waals surface area contributed by atoms with Crippen LogP contribution in [0.3, 0.4) is 0 Å². The quantitative estimate of drug-likeness (QED) is 0.820. The van der Waals surface area contributed by atoms with Crippen LogP contribution in [0.1, 0.15) is 37.4 Å². The van der Waals surface area contributed by atoms with E-state index in [9.17, 15) is 4.39 Å². The highest BCUT2D eigenvalue weighted by Crippen LogP contribution is 2.20. The van der Waals surface area contributed by atoms with Gasteiger partial charge in [0.15, 0.2) is 0 Å². The highest BCUT2D eigenvalue weighted by Gasteiger charge is 2.10. The minimum absolute atomic E-state index is 0.165. The number of aromatic nitrogens is 1. The fourth-order valence-corrected chi connectivity index (χ4v) is 2.78. The van der Waals surface area contributed by atoms with Crippen molar-refractivity contribution in [3.05, 3.63) is 58.1 Å². The second-order valence-corrected chi connectivity index (χ2v) is 5.79. The Morgan fingerprint density at radius 3 is 2.80 bits per heavy atom. The lowest BCUT2D eigenvalue weighted by molar-refractivity contribution is 0.536. The number of rotatable bonds is 6. The molecule has 4 heteroatoms. The van der Waals surface area contributed by atoms with E-state index < -0.39 is 0 Å². The van der Waals surface area contributed by atoms with Gasteiger partial charge in [0.05, 0.1) is 0 Å². The Morgan fingerprint density at radius 1 is 1.30 bits per heavy atom. The average molecular weight is 339 g/mol. The zero-order chi connectivity index (χ0) is 14.5. The zero-order valence-corrected chi connectivity index (χ0v) is 13.5. The molecule has 1 aromatic heterocycles. The van der Waals surface area contributed by atoms with Gasteiger partial charge in [-0.05, 0) is 42.8 Å². The standard InChI is InChI=1S/C16H20BrFN2/c1-3-16(19-4-2)12-7-8-20(10-12)11-13-9-14(17)5-6-15(13)18/h5-10,16,19H,3-4,11H2,1-2H3. The molecule has 0 saturated carbocycles. The molecule has 1 atom stereocenters. The smallest absolute Gasteiger partial charge is 0.128 e. The Balaban J connectivity index is 2.14. The van der Waals surface area contributed by atoms with Crippen LogP contribution in [-0.2, 0) is 6.54 Å². The normalized spacial score (nSPS) is 12.6. The van der Waals surface area contributed by atoms with E-state index in [1.54, 1.807) is 6.07 Å². The van der Waals surface area contributed by atoms with Gasteiger partial charge in [0, 0.05) is 35.0 Å². The summed E-state index contributed by atoms with van der Waals surface area (Å²) in [4.78, 5) is 0. The van der Waals surface area contributed by atoms with Crippen LogP contribution in [0.4, 0.5) is 4.39 Å². The first-order valence-electron chi connectivity index (χ1n) is 6.97. The van der Waals surface area contributed by atoms with Crippen molar-refractivity contribution in [2.75, 3.05) is 6.54 Å². The Kier molecular flexibility index (Phi) is 5.38. The summed E-state index contributed by atoms with van der Waals surface area (Å²) in [5.41, 5.74) is 1.95. The predicted octanol–water partition coefficient (Wildman–Crippen LogP) is 4.50. The van der Waals surface area contributed by atoms with Crippen LogP contribution in [0, 0.1) is 5.82 Å². The van der Waals surface area contributed by atoms with Crippen molar-refractivity contribution in [1.29, 1.82) is 0 Å². The summed E-state index contributed by atoms with van der Waals surface area (Å²) in [6.45, 7) is 5.77. The van der Waals surface area contributed by atoms with Crippen molar-refractivity contribution in [2.45, 2.75) is 32.9 Å². The van der Waals surface area contributed by atoms with Gasteiger partial charge in [0.2, 0.25) is 0 Å². The Bertz CT molecular complexity index is 565. The summed E-state index contributed by atoms with van der Waals surface area (Å²) in [5.74, 6) is -0.165. The van der Waals surface area contributed by atoms with E-state index in [-0.39, 0.29) is 5.82 Å². The first-order valence-corrected chi connectivity index (χ1v) is 7.76. The Hall–Kier alpha value is -1.13. The molecule has 2 aromatic rings. The highest BCUT2D eigenvalue weighted by atomic mass is 79.9. The molecule has 1 heterocycles. The lowest BCUT2D eigenvalue weighted by Crippen LogP contribution is -2.19. The minimum atomic E-state index is -0.165. The monoisotopic (exact) mass is 338 g/mol. The summed E-state index contributed by atoms with van der Waals surface area (Å²) in [6.07, 6.45) is 5.15. The molecule has 0 aliphatic carbocycles. The lowest BCUT2D eigenvalue weighted by atomic mass is 10.1. The molecule has 2 rings (SSSR count). The number of nitrogens with zero attached hydrogens (tertiary/aromatic N) is 1. The van der Waals surface area contributed by atoms with Gasteiger partial charge in [0.25, 0.3) is 0 Å². The summed E-state index contributed by atoms with van der Waals surface area (Å²) < 4.78 is 16.7. The molecule has 1 aromatic carbocycles. The summed E-state index contributed by atoms with van der Waals surface area (Å²) in [6, 6.07) is 7.52. The van der Waals surface area contributed by atoms with Crippen molar-refractivity contribution in [3.8, 4) is 0 Å². The number of hydrogen-bond donors (Lipinski definition) is 1. The van der Waals surface area contributed by atoms with Crippen LogP contribution in [-0.4, -0.2) is 11.1 Å². The van der Waals surface area contributed by atoms with Crippen LogP contribution in [0.5, 0.6) is 0 Å². The average Bonchev–Trinajstić information content (AvgIpc) is 2.88. The fourth-order valence-electron chi connectivity index (χ4n) is 2.37. The second-order valence-electron chi connectivity index (χ2n) is 4.87. The van der Waals surface area contributed by atoms with Crippen molar-refractivity contribution in [1.82, 2.24) is 9.88 Å². The van der Waals surface area contributed by atoms with E-state index >= 15 is 0 Å². The molecule has 0 aliphatic heterocycles. The first kappa shape index (κ1) is 15.3. The minimum Gasteiger partial charge on any atom is -0.349 e. The summed E-state index contributed by atoms with van der Waals surface area (Å²) in [7, 11) is 0. The second kappa shape index (κ2) is 7.04. The van der Waals surface area contributed by atoms with Crippen molar-refractivity contribution < 1.29 is 4.39 Å². The molecule has 0 saturated heterocycles. The maximum Gasteiger partial charge on any atom is 0.128 e. The summed E-state index contributed by atoms with van der Waals surface area (Å²) >= 11 is 3.38. The van der Waals surface area contributed by atoms with E-state index in [4.69, 9.17) is 0 Å². The molecule has 108 valence electrons. The van der Waals surface area contributed by atoms with Crippen LogP contribution >= 0.6 is 15.9 Å². The number of halogens is 2. The SMILES string of the molecule is CCNC(CC)c1ccn(Cc2cc(Br)ccc2F)c1. The van der Waals surface area contributed by atoms with Gasteiger partial charge in [-0.1, -0.05) is 29.8 Å². The molecule has 0 radical (unpaired) electrons. The molecule has 1 unspecified atom stereocenters. The van der Waals surface area contributed by atoms with Gasteiger partial charge in [-0.25, -0.2) is 4.39 Å². The van der Waals surface area contributed by atoms with Crippen molar-refractivity contribution >= 4 is 15.9 Å². The number of hydrogen-bond acceptors (Lipinski definition) is 1. The molecule has 0 spiro atoms. The van der Waals surface area contributed by atoms with E-state index in [2.05, 4.69) is 47.4 Å². The topological polar surface area (TPSA) is 17.0 Å². The van der Waals surface area contributed by atoms with E-state index in [1.165, 1.54) is 11.6 Å². The van der Waals surface area contributed by atoms with Gasteiger partial charge < -0.3 is 9.88 Å². The molecule has 0 aliphatic rings. The van der Waals surface area contributed by atoms with Crippen LogP contribution in [0.15, 0.2) is 41.1 Å². The molecule has 1 N–H and O–H groups in total. The molecule has 0 amide bonds. The first-order chi connectivity index (χ1) is 9.63. The van der Waals surface area contributed by atoms with Crippen LogP contribution in [0.25, 0.3) is 0 Å². The van der Waals surface area contributed by atoms with Crippen molar-refractivity contribution in [3.63, 3.8) is 0 Å². The summed E-state index contributed by atoms with van der Waals surface area (Å²) in [5, 5.41) is 3.45. The maximum absolute atomic E-state index is 13.8. The van der Waals surface area contributed by atoms with E-state index in [0.717, 1.165) is 17.4 Å². The predicted molar refractivity (Wildman–Crippen MR) is 84.3 cm³/mol. The molecular weight excluding hydrogens is 319 g/mol. The highest BCUT2D eigenvalue weighted by molar-refractivity contribution is 9.10. The number of nitrogens with one attached hydrogen (secondary N) is 1. The van der Waals surface area contributed by atoms with Crippen LogP contribution < -0.4 is 5.32 Å². The third-order valence-electron chi connectivity index (χ3n) is 3.40. The van der Waals surface area contributed by atoms with Gasteiger partial charge in [0.1, 0.15) is 5.82 Å². The van der Waals surface area contributed by atoms with E-state index in [0.29, 0.717) is 18.2 Å². The zero-order valence-electron chi connectivity index (χ0n) is 11.9. The third-order valence-corrected chi connectivity index (χ3v) is 3.89. The van der Waals surface area contributed by atoms with Gasteiger partial charge in [-0.3, -0.25) is 0 Å². The van der Waals surface area contributed by atoms with Gasteiger partial charge in [-0.2, -0.15) is 0 Å². The molecular formula is C16H20BrFN2. The molecule has 0 fully saturated rings. The fraction of sp³-hybridized carbons (Fsp3) is 0.375. The molecule has 20 heavy (non-hydrogen) atoms. The lowest BCUT2D eigenvalue weighted by Gasteiger charge is -2.14. The van der Waals surface area contributed by atoms with Crippen LogP contribution in [0.2, 0.25) is 0 Å². The Morgan fingerprint density at radius 2 is 2.10 bits per heavy atom. The van der Waals surface area contributed by atoms with Gasteiger partial charge >= 0.3 is 0 Å². The molecule has 0 bridgehead atoms. The largest absolute Gasteiger partial charge is 0.349 e. The maximum atomic E-state index is 13.8. The molecule has 2 nitrogen and oxygen atoms in total. The number of benzene rings is 1. The third kappa shape index (κ3) is 3.70. The van der Waals surface area contributed by atoms with E-state index in [1.807, 2.05) is 16.8 Å². The Labute approximate surface area is 128 Å². The van der Waals surface area contributed by atoms with Crippen molar-refractivity contribution in [2.24, 2.45) is 0 Å².